The number of benzene rings is 2. The molecule has 0 unspecified atom stereocenters. The summed E-state index contributed by atoms with van der Waals surface area (Å²) < 4.78 is 34.0. The lowest BCUT2D eigenvalue weighted by atomic mass is 10.0. The predicted octanol–water partition coefficient (Wildman–Crippen LogP) is 4.54. The maximum Gasteiger partial charge on any atom is 0.341 e. The average molecular weight is 466 g/mol. The zero-order valence-corrected chi connectivity index (χ0v) is 18.0. The van der Waals surface area contributed by atoms with Crippen molar-refractivity contribution in [2.75, 3.05) is 6.61 Å². The van der Waals surface area contributed by atoms with Crippen molar-refractivity contribution in [1.29, 1.82) is 0 Å². The summed E-state index contributed by atoms with van der Waals surface area (Å²) in [5.41, 5.74) is 2.10. The van der Waals surface area contributed by atoms with Crippen molar-refractivity contribution in [2.24, 2.45) is 0 Å². The Morgan fingerprint density at radius 1 is 1.21 bits per heavy atom. The van der Waals surface area contributed by atoms with Crippen LogP contribution in [0.15, 0.2) is 52.0 Å². The molecule has 0 amide bonds. The van der Waals surface area contributed by atoms with Crippen LogP contribution in [0.25, 0.3) is 10.9 Å². The molecule has 2 aromatic carbocycles. The lowest BCUT2D eigenvalue weighted by Gasteiger charge is -2.11. The number of nitrogens with zero attached hydrogens (tertiary/aromatic N) is 1. The summed E-state index contributed by atoms with van der Waals surface area (Å²) in [5, 5.41) is 9.62. The number of aromatic nitrogens is 1. The van der Waals surface area contributed by atoms with Gasteiger partial charge in [0, 0.05) is 16.1 Å². The van der Waals surface area contributed by atoms with E-state index in [-0.39, 0.29) is 10.8 Å². The van der Waals surface area contributed by atoms with Crippen LogP contribution in [0.3, 0.4) is 0 Å². The van der Waals surface area contributed by atoms with Crippen molar-refractivity contribution in [2.45, 2.75) is 31.6 Å². The van der Waals surface area contributed by atoms with Gasteiger partial charge in [-0.05, 0) is 60.4 Å². The van der Waals surface area contributed by atoms with Crippen LogP contribution in [0, 0.1) is 6.92 Å². The summed E-state index contributed by atoms with van der Waals surface area (Å²) in [4.78, 5) is 10.8. The van der Waals surface area contributed by atoms with Gasteiger partial charge in [0.2, 0.25) is 0 Å². The van der Waals surface area contributed by atoms with Crippen LogP contribution >= 0.6 is 15.9 Å². The molecule has 1 N–H and O–H groups in total. The van der Waals surface area contributed by atoms with Crippen LogP contribution in [0.4, 0.5) is 0 Å². The van der Waals surface area contributed by atoms with E-state index in [0.717, 1.165) is 15.4 Å². The fourth-order valence-corrected chi connectivity index (χ4v) is 4.88. The summed E-state index contributed by atoms with van der Waals surface area (Å²) in [6.45, 7) is 5.24. The summed E-state index contributed by atoms with van der Waals surface area (Å²) >= 11 is 3.45. The molecule has 0 saturated heterocycles. The van der Waals surface area contributed by atoms with E-state index in [1.807, 2.05) is 26.0 Å². The molecule has 0 spiro atoms. The van der Waals surface area contributed by atoms with Gasteiger partial charge in [0.1, 0.15) is 5.75 Å². The number of carboxylic acids is 1. The van der Waals surface area contributed by atoms with Crippen molar-refractivity contribution in [1.82, 2.24) is 3.97 Å². The van der Waals surface area contributed by atoms with E-state index in [9.17, 15) is 13.2 Å². The predicted molar refractivity (Wildman–Crippen MR) is 111 cm³/mol. The number of carboxylic acid groups (broad SMARTS) is 1. The van der Waals surface area contributed by atoms with E-state index in [1.54, 1.807) is 19.2 Å². The number of aliphatic carboxylic acids is 1. The van der Waals surface area contributed by atoms with Gasteiger partial charge in [0.15, 0.2) is 6.61 Å². The van der Waals surface area contributed by atoms with Gasteiger partial charge in [-0.25, -0.2) is 17.2 Å². The maximum absolute atomic E-state index is 13.3. The monoisotopic (exact) mass is 465 g/mol. The van der Waals surface area contributed by atoms with Crippen molar-refractivity contribution in [3.8, 4) is 5.75 Å². The van der Waals surface area contributed by atoms with Crippen LogP contribution in [0.2, 0.25) is 0 Å². The van der Waals surface area contributed by atoms with E-state index in [1.165, 1.54) is 22.2 Å². The van der Waals surface area contributed by atoms with Gasteiger partial charge in [0.25, 0.3) is 10.0 Å². The molecule has 6 nitrogen and oxygen atoms in total. The smallest absolute Gasteiger partial charge is 0.341 e. The zero-order valence-electron chi connectivity index (χ0n) is 15.6. The van der Waals surface area contributed by atoms with Crippen molar-refractivity contribution < 1.29 is 23.1 Å². The summed E-state index contributed by atoms with van der Waals surface area (Å²) in [7, 11) is -3.83. The van der Waals surface area contributed by atoms with Crippen molar-refractivity contribution >= 4 is 42.8 Å². The third-order valence-corrected chi connectivity index (χ3v) is 6.60. The molecular weight excluding hydrogens is 446 g/mol. The number of fused-ring (bicyclic) bond motifs is 1. The van der Waals surface area contributed by atoms with Gasteiger partial charge < -0.3 is 9.84 Å². The van der Waals surface area contributed by atoms with Gasteiger partial charge in [-0.2, -0.15) is 0 Å². The Bertz CT molecular complexity index is 1160. The van der Waals surface area contributed by atoms with Crippen LogP contribution in [-0.2, 0) is 14.8 Å². The Labute approximate surface area is 171 Å². The lowest BCUT2D eigenvalue weighted by Crippen LogP contribution is -2.13. The maximum atomic E-state index is 13.3. The fourth-order valence-electron chi connectivity index (χ4n) is 3.05. The van der Waals surface area contributed by atoms with E-state index >= 15 is 0 Å². The molecular formula is C20H20BrNO5S. The molecule has 0 aliphatic rings. The van der Waals surface area contributed by atoms with Gasteiger partial charge in [0.05, 0.1) is 10.4 Å². The standard InChI is InChI=1S/C20H20BrNO5S/c1-12(2)17-10-22(18-6-4-14(21)9-16(17)18)28(25,26)15-5-7-19(13(3)8-15)27-11-20(23)24/h4-10,12H,11H2,1-3H3,(H,23,24). The van der Waals surface area contributed by atoms with Crippen LogP contribution < -0.4 is 4.74 Å². The van der Waals surface area contributed by atoms with Crippen LogP contribution in [-0.4, -0.2) is 30.1 Å². The van der Waals surface area contributed by atoms with Gasteiger partial charge in [-0.3, -0.25) is 0 Å². The normalized spacial score (nSPS) is 11.9. The largest absolute Gasteiger partial charge is 0.482 e. The van der Waals surface area contributed by atoms with Crippen LogP contribution in [0.1, 0.15) is 30.9 Å². The van der Waals surface area contributed by atoms with Crippen LogP contribution in [0.5, 0.6) is 5.75 Å². The molecule has 148 valence electrons. The Balaban J connectivity index is 2.11. The molecule has 1 heterocycles. The number of carbonyl (C=O) groups is 1. The molecule has 0 saturated carbocycles. The number of aryl methyl sites for hydroxylation is 1. The highest BCUT2D eigenvalue weighted by atomic mass is 79.9. The van der Waals surface area contributed by atoms with E-state index in [2.05, 4.69) is 15.9 Å². The minimum atomic E-state index is -3.83. The lowest BCUT2D eigenvalue weighted by molar-refractivity contribution is -0.139. The minimum absolute atomic E-state index is 0.114. The Kier molecular flexibility index (Phi) is 5.54. The zero-order chi connectivity index (χ0) is 20.6. The second kappa shape index (κ2) is 7.60. The second-order valence-electron chi connectivity index (χ2n) is 6.81. The molecule has 8 heteroatoms. The van der Waals surface area contributed by atoms with E-state index in [4.69, 9.17) is 9.84 Å². The van der Waals surface area contributed by atoms with E-state index < -0.39 is 22.6 Å². The minimum Gasteiger partial charge on any atom is -0.482 e. The number of halogens is 1. The third kappa shape index (κ3) is 3.79. The van der Waals surface area contributed by atoms with E-state index in [0.29, 0.717) is 16.8 Å². The van der Waals surface area contributed by atoms with Gasteiger partial charge in [-0.1, -0.05) is 29.8 Å². The quantitative estimate of drug-likeness (QED) is 0.577. The second-order valence-corrected chi connectivity index (χ2v) is 9.54. The molecule has 0 fully saturated rings. The van der Waals surface area contributed by atoms with Crippen molar-refractivity contribution in [3.63, 3.8) is 0 Å². The molecule has 3 aromatic rings. The molecule has 1 aromatic heterocycles. The Morgan fingerprint density at radius 2 is 1.93 bits per heavy atom. The SMILES string of the molecule is Cc1cc(S(=O)(=O)n2cc(C(C)C)c3cc(Br)ccc32)ccc1OCC(=O)O. The Hall–Kier alpha value is -2.32. The summed E-state index contributed by atoms with van der Waals surface area (Å²) in [6.07, 6.45) is 1.67. The molecule has 0 bridgehead atoms. The average Bonchev–Trinajstić information content (AvgIpc) is 3.00. The van der Waals surface area contributed by atoms with Gasteiger partial charge >= 0.3 is 5.97 Å². The van der Waals surface area contributed by atoms with Gasteiger partial charge in [-0.15, -0.1) is 0 Å². The summed E-state index contributed by atoms with van der Waals surface area (Å²) in [5.74, 6) is -0.602. The number of ether oxygens (including phenoxy) is 1. The fraction of sp³-hybridized carbons (Fsp3) is 0.250. The Morgan fingerprint density at radius 3 is 2.54 bits per heavy atom. The number of hydrogen-bond acceptors (Lipinski definition) is 4. The number of hydrogen-bond donors (Lipinski definition) is 1. The van der Waals surface area contributed by atoms with Crippen molar-refractivity contribution in [3.05, 3.63) is 58.2 Å². The number of rotatable bonds is 6. The molecule has 0 aliphatic heterocycles. The first-order valence-corrected chi connectivity index (χ1v) is 10.9. The first-order chi connectivity index (χ1) is 13.1. The molecule has 0 aliphatic carbocycles. The first-order valence-electron chi connectivity index (χ1n) is 8.62. The molecule has 0 atom stereocenters. The highest BCUT2D eigenvalue weighted by Crippen LogP contribution is 2.33. The molecule has 28 heavy (non-hydrogen) atoms. The topological polar surface area (TPSA) is 85.6 Å². The first kappa shape index (κ1) is 20.4. The highest BCUT2D eigenvalue weighted by molar-refractivity contribution is 9.10. The highest BCUT2D eigenvalue weighted by Gasteiger charge is 2.23. The molecule has 0 radical (unpaired) electrons. The summed E-state index contributed by atoms with van der Waals surface area (Å²) in [6, 6.07) is 9.92. The molecule has 3 rings (SSSR count). The third-order valence-electron chi connectivity index (χ3n) is 4.44.